The van der Waals surface area contributed by atoms with E-state index in [1.54, 1.807) is 0 Å². The maximum Gasteiger partial charge on any atom is 0.0476 e. The summed E-state index contributed by atoms with van der Waals surface area (Å²) in [6, 6.07) is 6.51. The van der Waals surface area contributed by atoms with Gasteiger partial charge >= 0.3 is 0 Å². The highest BCUT2D eigenvalue weighted by molar-refractivity contribution is 9.10. The maximum absolute atomic E-state index is 9.39. The summed E-state index contributed by atoms with van der Waals surface area (Å²) < 4.78 is 1.15. The van der Waals surface area contributed by atoms with Gasteiger partial charge in [0, 0.05) is 28.9 Å². The second-order valence-corrected chi connectivity index (χ2v) is 6.80. The predicted molar refractivity (Wildman–Crippen MR) is 80.1 cm³/mol. The van der Waals surface area contributed by atoms with E-state index in [0.29, 0.717) is 12.5 Å². The molecule has 0 radical (unpaired) electrons. The van der Waals surface area contributed by atoms with Gasteiger partial charge in [-0.2, -0.15) is 0 Å². The van der Waals surface area contributed by atoms with Gasteiger partial charge < -0.3 is 10.0 Å². The Bertz CT molecular complexity index is 431. The highest BCUT2D eigenvalue weighted by Gasteiger charge is 2.34. The lowest BCUT2D eigenvalue weighted by molar-refractivity contribution is 0.181. The van der Waals surface area contributed by atoms with Gasteiger partial charge in [-0.25, -0.2) is 0 Å². The largest absolute Gasteiger partial charge is 0.396 e. The zero-order valence-corrected chi connectivity index (χ0v) is 13.0. The molecular formula is C15H22BrNO. The summed E-state index contributed by atoms with van der Waals surface area (Å²) in [5.74, 6) is 0.405. The molecule has 3 heteroatoms. The van der Waals surface area contributed by atoms with Crippen molar-refractivity contribution >= 4 is 21.6 Å². The molecule has 0 amide bonds. The van der Waals surface area contributed by atoms with Crippen molar-refractivity contribution in [3.8, 4) is 0 Å². The van der Waals surface area contributed by atoms with Gasteiger partial charge in [-0.05, 0) is 63.3 Å². The zero-order valence-electron chi connectivity index (χ0n) is 11.4. The van der Waals surface area contributed by atoms with Crippen LogP contribution in [0.15, 0.2) is 22.7 Å². The Morgan fingerprint density at radius 1 is 1.44 bits per heavy atom. The number of piperidine rings is 1. The van der Waals surface area contributed by atoms with Crippen LogP contribution in [0.4, 0.5) is 5.69 Å². The molecule has 0 saturated carbocycles. The number of rotatable bonds is 2. The minimum atomic E-state index is 0.173. The Hall–Kier alpha value is -0.540. The van der Waals surface area contributed by atoms with Gasteiger partial charge in [0.25, 0.3) is 0 Å². The van der Waals surface area contributed by atoms with Crippen molar-refractivity contribution in [2.75, 3.05) is 18.1 Å². The molecule has 1 unspecified atom stereocenters. The number of aliphatic hydroxyl groups is 1. The second-order valence-electron chi connectivity index (χ2n) is 5.94. The highest BCUT2D eigenvalue weighted by atomic mass is 79.9. The predicted octanol–water partition coefficient (Wildman–Crippen LogP) is 3.74. The molecule has 0 bridgehead atoms. The van der Waals surface area contributed by atoms with Crippen LogP contribution in [-0.4, -0.2) is 23.8 Å². The first-order valence-corrected chi connectivity index (χ1v) is 7.38. The highest BCUT2D eigenvalue weighted by Crippen LogP contribution is 2.35. The molecule has 1 heterocycles. The molecule has 1 fully saturated rings. The fourth-order valence-corrected chi connectivity index (χ4v) is 2.94. The third-order valence-electron chi connectivity index (χ3n) is 4.05. The summed E-state index contributed by atoms with van der Waals surface area (Å²) in [7, 11) is 0. The van der Waals surface area contributed by atoms with E-state index in [0.717, 1.165) is 23.9 Å². The van der Waals surface area contributed by atoms with E-state index >= 15 is 0 Å². The van der Waals surface area contributed by atoms with Crippen LogP contribution in [0.2, 0.25) is 0 Å². The standard InChI is InChI=1S/C15H22BrNO/c1-11-8-13(4-5-14(11)16)17-9-12(10-18)6-7-15(17,2)3/h4-5,8,12,18H,6-7,9-10H2,1-3H3. The van der Waals surface area contributed by atoms with Crippen molar-refractivity contribution in [1.29, 1.82) is 0 Å². The molecule has 2 rings (SSSR count). The number of hydrogen-bond donors (Lipinski definition) is 1. The summed E-state index contributed by atoms with van der Waals surface area (Å²) in [6.07, 6.45) is 2.25. The fraction of sp³-hybridized carbons (Fsp3) is 0.600. The van der Waals surface area contributed by atoms with Gasteiger partial charge in [-0.15, -0.1) is 0 Å². The van der Waals surface area contributed by atoms with E-state index in [4.69, 9.17) is 0 Å². The molecule has 18 heavy (non-hydrogen) atoms. The van der Waals surface area contributed by atoms with Crippen molar-refractivity contribution in [2.45, 2.75) is 39.2 Å². The van der Waals surface area contributed by atoms with Gasteiger partial charge in [0.05, 0.1) is 0 Å². The number of nitrogens with zero attached hydrogens (tertiary/aromatic N) is 1. The normalized spacial score (nSPS) is 23.2. The molecule has 100 valence electrons. The van der Waals surface area contributed by atoms with Gasteiger partial charge in [0.2, 0.25) is 0 Å². The molecule has 1 saturated heterocycles. The molecule has 0 spiro atoms. The summed E-state index contributed by atoms with van der Waals surface area (Å²) in [6.45, 7) is 7.94. The molecule has 1 aliphatic rings. The van der Waals surface area contributed by atoms with E-state index in [1.807, 2.05) is 0 Å². The monoisotopic (exact) mass is 311 g/mol. The summed E-state index contributed by atoms with van der Waals surface area (Å²) in [4.78, 5) is 2.44. The molecule has 1 aliphatic heterocycles. The Labute approximate surface area is 118 Å². The fourth-order valence-electron chi connectivity index (χ4n) is 2.69. The Balaban J connectivity index is 2.30. The van der Waals surface area contributed by atoms with Gasteiger partial charge in [-0.1, -0.05) is 15.9 Å². The quantitative estimate of drug-likeness (QED) is 0.899. The second kappa shape index (κ2) is 5.22. The summed E-state index contributed by atoms with van der Waals surface area (Å²) >= 11 is 3.55. The number of aliphatic hydroxyl groups excluding tert-OH is 1. The van der Waals surface area contributed by atoms with E-state index in [2.05, 4.69) is 59.8 Å². The lowest BCUT2D eigenvalue weighted by atomic mass is 9.84. The Kier molecular flexibility index (Phi) is 4.02. The lowest BCUT2D eigenvalue weighted by Gasteiger charge is -2.47. The molecule has 1 aromatic carbocycles. The van der Waals surface area contributed by atoms with E-state index in [-0.39, 0.29) is 5.54 Å². The number of aryl methyl sites for hydroxylation is 1. The van der Waals surface area contributed by atoms with Crippen LogP contribution in [0.25, 0.3) is 0 Å². The third-order valence-corrected chi connectivity index (χ3v) is 4.94. The van der Waals surface area contributed by atoms with Crippen molar-refractivity contribution < 1.29 is 5.11 Å². The number of anilines is 1. The number of hydrogen-bond acceptors (Lipinski definition) is 2. The third kappa shape index (κ3) is 2.72. The zero-order chi connectivity index (χ0) is 13.3. The Morgan fingerprint density at radius 2 is 2.17 bits per heavy atom. The van der Waals surface area contributed by atoms with Gasteiger partial charge in [-0.3, -0.25) is 0 Å². The topological polar surface area (TPSA) is 23.5 Å². The van der Waals surface area contributed by atoms with Crippen LogP contribution in [-0.2, 0) is 0 Å². The minimum Gasteiger partial charge on any atom is -0.396 e. The first kappa shape index (κ1) is 13.9. The molecule has 1 aromatic rings. The molecule has 0 aromatic heterocycles. The van der Waals surface area contributed by atoms with Crippen molar-refractivity contribution in [1.82, 2.24) is 0 Å². The SMILES string of the molecule is Cc1cc(N2CC(CO)CCC2(C)C)ccc1Br. The average Bonchev–Trinajstić information content (AvgIpc) is 2.33. The molecular weight excluding hydrogens is 290 g/mol. The smallest absolute Gasteiger partial charge is 0.0476 e. The molecule has 1 atom stereocenters. The first-order chi connectivity index (χ1) is 8.44. The first-order valence-electron chi connectivity index (χ1n) is 6.58. The van der Waals surface area contributed by atoms with Crippen LogP contribution in [0.1, 0.15) is 32.3 Å². The number of benzene rings is 1. The van der Waals surface area contributed by atoms with E-state index in [1.165, 1.54) is 11.3 Å². The van der Waals surface area contributed by atoms with Crippen LogP contribution in [0, 0.1) is 12.8 Å². The van der Waals surface area contributed by atoms with E-state index < -0.39 is 0 Å². The van der Waals surface area contributed by atoms with Crippen LogP contribution < -0.4 is 4.90 Å². The lowest BCUT2D eigenvalue weighted by Crippen LogP contribution is -2.51. The minimum absolute atomic E-state index is 0.173. The van der Waals surface area contributed by atoms with Crippen molar-refractivity contribution in [3.05, 3.63) is 28.2 Å². The number of halogens is 1. The van der Waals surface area contributed by atoms with Crippen molar-refractivity contribution in [2.24, 2.45) is 5.92 Å². The summed E-state index contributed by atoms with van der Waals surface area (Å²) in [5.41, 5.74) is 2.69. The molecule has 2 nitrogen and oxygen atoms in total. The van der Waals surface area contributed by atoms with Crippen molar-refractivity contribution in [3.63, 3.8) is 0 Å². The van der Waals surface area contributed by atoms with Crippen LogP contribution in [0.3, 0.4) is 0 Å². The van der Waals surface area contributed by atoms with Gasteiger partial charge in [0.1, 0.15) is 0 Å². The maximum atomic E-state index is 9.39. The molecule has 1 N–H and O–H groups in total. The summed E-state index contributed by atoms with van der Waals surface area (Å²) in [5, 5.41) is 9.39. The average molecular weight is 312 g/mol. The van der Waals surface area contributed by atoms with Crippen LogP contribution >= 0.6 is 15.9 Å². The molecule has 0 aliphatic carbocycles. The van der Waals surface area contributed by atoms with Gasteiger partial charge in [0.15, 0.2) is 0 Å². The van der Waals surface area contributed by atoms with Crippen LogP contribution in [0.5, 0.6) is 0 Å². The van der Waals surface area contributed by atoms with E-state index in [9.17, 15) is 5.11 Å². The Morgan fingerprint density at radius 3 is 2.78 bits per heavy atom.